The fraction of sp³-hybridized carbons (Fsp3) is 0.125. The van der Waals surface area contributed by atoms with Gasteiger partial charge in [0.05, 0.1) is 11.0 Å². The first-order chi connectivity index (χ1) is 18.7. The van der Waals surface area contributed by atoms with E-state index < -0.39 is 12.2 Å². The molecular formula is C32H26N4O2. The van der Waals surface area contributed by atoms with E-state index in [4.69, 9.17) is 19.9 Å². The number of nitrogens with zero attached hydrogens (tertiary/aromatic N) is 4. The molecule has 2 atom stereocenters. The Balaban J connectivity index is 1.49. The highest BCUT2D eigenvalue weighted by molar-refractivity contribution is 6.00. The highest BCUT2D eigenvalue weighted by atomic mass is 16.3. The molecule has 0 radical (unpaired) electrons. The fourth-order valence-electron chi connectivity index (χ4n) is 4.71. The number of aromatic nitrogens is 4. The van der Waals surface area contributed by atoms with Crippen molar-refractivity contribution in [1.82, 2.24) is 19.9 Å². The van der Waals surface area contributed by atoms with Gasteiger partial charge in [0.15, 0.2) is 11.6 Å². The normalized spacial score (nSPS) is 13.0. The van der Waals surface area contributed by atoms with E-state index in [1.165, 1.54) is 0 Å². The monoisotopic (exact) mass is 498 g/mol. The van der Waals surface area contributed by atoms with Crippen LogP contribution >= 0.6 is 0 Å². The highest BCUT2D eigenvalue weighted by Crippen LogP contribution is 2.32. The molecule has 6 aromatic rings. The van der Waals surface area contributed by atoms with Gasteiger partial charge in [-0.2, -0.15) is 0 Å². The maximum absolute atomic E-state index is 11.1. The summed E-state index contributed by atoms with van der Waals surface area (Å²) >= 11 is 0. The van der Waals surface area contributed by atoms with Crippen molar-refractivity contribution in [3.05, 3.63) is 132 Å². The topological polar surface area (TPSA) is 92.0 Å². The summed E-state index contributed by atoms with van der Waals surface area (Å²) in [5.74, 6) is 0.660. The molecule has 2 aromatic heterocycles. The lowest BCUT2D eigenvalue weighted by Gasteiger charge is -2.16. The third kappa shape index (κ3) is 4.87. The molecule has 0 unspecified atom stereocenters. The Morgan fingerprint density at radius 1 is 0.447 bits per heavy atom. The lowest BCUT2D eigenvalue weighted by Crippen LogP contribution is -2.11. The fourth-order valence-corrected chi connectivity index (χ4v) is 4.71. The molecule has 0 aliphatic carbocycles. The van der Waals surface area contributed by atoms with E-state index in [1.54, 1.807) is 0 Å². The van der Waals surface area contributed by atoms with Gasteiger partial charge in [0.1, 0.15) is 23.6 Å². The van der Waals surface area contributed by atoms with Crippen LogP contribution in [0.5, 0.6) is 0 Å². The minimum absolute atomic E-state index is 0.330. The van der Waals surface area contributed by atoms with Crippen molar-refractivity contribution in [2.45, 2.75) is 25.0 Å². The molecule has 6 heteroatoms. The lowest BCUT2D eigenvalue weighted by molar-refractivity contribution is 0.168. The summed E-state index contributed by atoms with van der Waals surface area (Å²) in [5, 5.41) is 23.9. The quantitative estimate of drug-likeness (QED) is 0.289. The molecule has 0 saturated heterocycles. The van der Waals surface area contributed by atoms with Crippen LogP contribution in [0, 0.1) is 0 Å². The molecule has 38 heavy (non-hydrogen) atoms. The minimum Gasteiger partial charge on any atom is -0.385 e. The number of aliphatic hydroxyl groups excluding tert-OH is 2. The number of hydrogen-bond donors (Lipinski definition) is 2. The van der Waals surface area contributed by atoms with E-state index in [2.05, 4.69) is 0 Å². The number of rotatable bonds is 7. The highest BCUT2D eigenvalue weighted by Gasteiger charge is 2.21. The van der Waals surface area contributed by atoms with Gasteiger partial charge in [0, 0.05) is 23.6 Å². The molecular weight excluding hydrogens is 472 g/mol. The van der Waals surface area contributed by atoms with E-state index >= 15 is 0 Å². The predicted molar refractivity (Wildman–Crippen MR) is 148 cm³/mol. The van der Waals surface area contributed by atoms with Gasteiger partial charge >= 0.3 is 0 Å². The van der Waals surface area contributed by atoms with Crippen molar-refractivity contribution in [1.29, 1.82) is 0 Å². The first-order valence-corrected chi connectivity index (χ1v) is 12.6. The van der Waals surface area contributed by atoms with Crippen molar-refractivity contribution in [3.63, 3.8) is 0 Å². The van der Waals surface area contributed by atoms with E-state index in [0.29, 0.717) is 46.9 Å². The third-order valence-electron chi connectivity index (χ3n) is 6.61. The second-order valence-corrected chi connectivity index (χ2v) is 9.31. The SMILES string of the molecule is O[C@@H](Cc1ccccc1)c1nc(-c2nc([C@@H](O)Cc3ccccc3)nc3ccccc23)c2ccccc2n1. The molecule has 6 rings (SSSR count). The van der Waals surface area contributed by atoms with Crippen LogP contribution in [0.4, 0.5) is 0 Å². The molecule has 6 nitrogen and oxygen atoms in total. The zero-order valence-electron chi connectivity index (χ0n) is 20.6. The summed E-state index contributed by atoms with van der Waals surface area (Å²) in [6, 6.07) is 35.0. The van der Waals surface area contributed by atoms with Crippen molar-refractivity contribution in [2.75, 3.05) is 0 Å². The molecule has 4 aromatic carbocycles. The molecule has 0 saturated carbocycles. The largest absolute Gasteiger partial charge is 0.385 e. The maximum atomic E-state index is 11.1. The first kappa shape index (κ1) is 23.9. The molecule has 0 spiro atoms. The second-order valence-electron chi connectivity index (χ2n) is 9.31. The molecule has 0 aliphatic rings. The van der Waals surface area contributed by atoms with Gasteiger partial charge in [-0.1, -0.05) is 97.1 Å². The molecule has 0 fully saturated rings. The summed E-state index contributed by atoms with van der Waals surface area (Å²) in [5.41, 5.74) is 4.63. The summed E-state index contributed by atoms with van der Waals surface area (Å²) in [6.07, 6.45) is -0.997. The van der Waals surface area contributed by atoms with Crippen LogP contribution in [0.1, 0.15) is 35.0 Å². The summed E-state index contributed by atoms with van der Waals surface area (Å²) in [6.45, 7) is 0. The van der Waals surface area contributed by atoms with Crippen LogP contribution in [0.15, 0.2) is 109 Å². The Bertz CT molecular complexity index is 1580. The molecule has 186 valence electrons. The zero-order valence-corrected chi connectivity index (χ0v) is 20.6. The number of fused-ring (bicyclic) bond motifs is 2. The molecule has 0 amide bonds. The molecule has 0 aliphatic heterocycles. The van der Waals surface area contributed by atoms with E-state index in [-0.39, 0.29) is 0 Å². The van der Waals surface area contributed by atoms with Gasteiger partial charge < -0.3 is 10.2 Å². The average molecular weight is 499 g/mol. The summed E-state index contributed by atoms with van der Waals surface area (Å²) in [7, 11) is 0. The molecule has 0 bridgehead atoms. The van der Waals surface area contributed by atoms with Crippen LogP contribution < -0.4 is 0 Å². The van der Waals surface area contributed by atoms with E-state index in [0.717, 1.165) is 21.9 Å². The standard InChI is InChI=1S/C32H26N4O2/c37-27(19-21-11-3-1-4-12-21)31-33-25-17-9-7-15-23(25)29(35-31)30-24-16-8-10-18-26(24)34-32(36-30)28(38)20-22-13-5-2-6-14-22/h1-18,27-28,37-38H,19-20H2/t27-,28-/m0/s1. The molecule has 2 N–H and O–H groups in total. The maximum Gasteiger partial charge on any atom is 0.158 e. The van der Waals surface area contributed by atoms with Crippen LogP contribution in [0.25, 0.3) is 33.2 Å². The molecule has 2 heterocycles. The van der Waals surface area contributed by atoms with Gasteiger partial charge in [-0.3, -0.25) is 0 Å². The number of benzene rings is 4. The Labute approximate surface area is 220 Å². The van der Waals surface area contributed by atoms with Crippen LogP contribution in [0.2, 0.25) is 0 Å². The van der Waals surface area contributed by atoms with E-state index in [9.17, 15) is 10.2 Å². The van der Waals surface area contributed by atoms with Crippen LogP contribution in [0.3, 0.4) is 0 Å². The van der Waals surface area contributed by atoms with Gasteiger partial charge in [-0.15, -0.1) is 0 Å². The second kappa shape index (κ2) is 10.5. The smallest absolute Gasteiger partial charge is 0.158 e. The van der Waals surface area contributed by atoms with Gasteiger partial charge in [-0.25, -0.2) is 19.9 Å². The summed E-state index contributed by atoms with van der Waals surface area (Å²) < 4.78 is 0. The Hall–Kier alpha value is -4.52. The third-order valence-corrected chi connectivity index (χ3v) is 6.61. The zero-order chi connectivity index (χ0) is 25.9. The van der Waals surface area contributed by atoms with Crippen molar-refractivity contribution < 1.29 is 10.2 Å². The van der Waals surface area contributed by atoms with Crippen LogP contribution in [-0.2, 0) is 12.8 Å². The summed E-state index contributed by atoms with van der Waals surface area (Å²) in [4.78, 5) is 19.1. The Morgan fingerprint density at radius 2 is 0.816 bits per heavy atom. The van der Waals surface area contributed by atoms with Crippen molar-refractivity contribution in [2.24, 2.45) is 0 Å². The average Bonchev–Trinajstić information content (AvgIpc) is 2.97. The first-order valence-electron chi connectivity index (χ1n) is 12.6. The minimum atomic E-state index is -0.892. The Kier molecular flexibility index (Phi) is 6.56. The van der Waals surface area contributed by atoms with E-state index in [1.807, 2.05) is 109 Å². The van der Waals surface area contributed by atoms with Gasteiger partial charge in [0.2, 0.25) is 0 Å². The lowest BCUT2D eigenvalue weighted by atomic mass is 10.0. The number of para-hydroxylation sites is 2. The predicted octanol–water partition coefficient (Wildman–Crippen LogP) is 5.79. The Morgan fingerprint density at radius 3 is 1.24 bits per heavy atom. The van der Waals surface area contributed by atoms with Gasteiger partial charge in [-0.05, 0) is 23.3 Å². The van der Waals surface area contributed by atoms with Crippen LogP contribution in [-0.4, -0.2) is 30.1 Å². The number of hydrogen-bond acceptors (Lipinski definition) is 6. The van der Waals surface area contributed by atoms with Crippen molar-refractivity contribution >= 4 is 21.8 Å². The van der Waals surface area contributed by atoms with Crippen molar-refractivity contribution in [3.8, 4) is 11.4 Å². The number of aliphatic hydroxyl groups is 2. The van der Waals surface area contributed by atoms with Gasteiger partial charge in [0.25, 0.3) is 0 Å².